The Kier molecular flexibility index (Phi) is 3.98. The molecule has 0 fully saturated rings. The summed E-state index contributed by atoms with van der Waals surface area (Å²) in [5.41, 5.74) is 0.874. The Balaban J connectivity index is 1.80. The van der Waals surface area contributed by atoms with Gasteiger partial charge in [0.1, 0.15) is 0 Å². The summed E-state index contributed by atoms with van der Waals surface area (Å²) in [5, 5.41) is 6.70. The molecule has 2 aromatic heterocycles. The lowest BCUT2D eigenvalue weighted by Crippen LogP contribution is -2.11. The molecule has 0 aliphatic heterocycles. The highest BCUT2D eigenvalue weighted by molar-refractivity contribution is 7.16. The Morgan fingerprint density at radius 3 is 2.88 bits per heavy atom. The summed E-state index contributed by atoms with van der Waals surface area (Å²) >= 11 is 8.90. The predicted octanol–water partition coefficient (Wildman–Crippen LogP) is 4.03. The summed E-state index contributed by atoms with van der Waals surface area (Å²) in [6, 6.07) is 5.72. The second-order valence-electron chi connectivity index (χ2n) is 3.27. The lowest BCUT2D eigenvalue weighted by Gasteiger charge is -2.01. The number of carbonyl (C=O) groups excluding carboxylic acids is 1. The number of hydrogen-bond acceptors (Lipinski definition) is 3. The first-order chi connectivity index (χ1) is 7.74. The first kappa shape index (κ1) is 11.6. The Bertz CT molecular complexity index is 464. The Morgan fingerprint density at radius 1 is 1.38 bits per heavy atom. The monoisotopic (exact) mass is 271 g/mol. The van der Waals surface area contributed by atoms with E-state index in [0.29, 0.717) is 6.42 Å². The molecular formula is C11H10ClNOS2. The number of amides is 1. The van der Waals surface area contributed by atoms with E-state index < -0.39 is 0 Å². The molecule has 5 heteroatoms. The van der Waals surface area contributed by atoms with E-state index in [9.17, 15) is 4.79 Å². The van der Waals surface area contributed by atoms with Crippen molar-refractivity contribution in [3.63, 3.8) is 0 Å². The van der Waals surface area contributed by atoms with Crippen molar-refractivity contribution in [2.75, 3.05) is 5.32 Å². The molecule has 2 rings (SSSR count). The number of thiophene rings is 2. The van der Waals surface area contributed by atoms with Crippen LogP contribution in [0.1, 0.15) is 11.3 Å². The normalized spacial score (nSPS) is 10.3. The molecule has 84 valence electrons. The molecule has 1 amide bonds. The van der Waals surface area contributed by atoms with Gasteiger partial charge in [-0.3, -0.25) is 4.79 Å². The summed E-state index contributed by atoms with van der Waals surface area (Å²) in [6.07, 6.45) is 1.24. The van der Waals surface area contributed by atoms with Crippen LogP contribution in [0.15, 0.2) is 29.0 Å². The molecule has 1 N–H and O–H groups in total. The smallest absolute Gasteiger partial charge is 0.224 e. The number of nitrogens with one attached hydrogen (secondary N) is 1. The molecule has 0 spiro atoms. The molecule has 0 saturated heterocycles. The zero-order valence-electron chi connectivity index (χ0n) is 8.40. The Hall–Kier alpha value is -0.840. The molecule has 0 radical (unpaired) electrons. The molecule has 0 aliphatic carbocycles. The maximum Gasteiger partial charge on any atom is 0.224 e. The predicted molar refractivity (Wildman–Crippen MR) is 70.6 cm³/mol. The van der Waals surface area contributed by atoms with Gasteiger partial charge >= 0.3 is 0 Å². The van der Waals surface area contributed by atoms with Crippen LogP contribution in [0.5, 0.6) is 0 Å². The summed E-state index contributed by atoms with van der Waals surface area (Å²) in [6.45, 7) is 0. The summed E-state index contributed by atoms with van der Waals surface area (Å²) in [7, 11) is 0. The summed E-state index contributed by atoms with van der Waals surface area (Å²) in [5.74, 6) is 0.0444. The van der Waals surface area contributed by atoms with Crippen LogP contribution in [0.3, 0.4) is 0 Å². The number of anilines is 1. The van der Waals surface area contributed by atoms with E-state index in [1.807, 2.05) is 29.0 Å². The molecule has 2 aromatic rings. The van der Waals surface area contributed by atoms with Crippen LogP contribution in [0.25, 0.3) is 0 Å². The fraction of sp³-hybridized carbons (Fsp3) is 0.182. The quantitative estimate of drug-likeness (QED) is 0.894. The largest absolute Gasteiger partial charge is 0.325 e. The van der Waals surface area contributed by atoms with Crippen molar-refractivity contribution in [3.05, 3.63) is 38.2 Å². The molecule has 0 bridgehead atoms. The highest BCUT2D eigenvalue weighted by Gasteiger charge is 2.04. The van der Waals surface area contributed by atoms with Gasteiger partial charge in [-0.05, 0) is 30.0 Å². The molecule has 0 atom stereocenters. The van der Waals surface area contributed by atoms with Gasteiger partial charge in [0, 0.05) is 16.7 Å². The zero-order valence-corrected chi connectivity index (χ0v) is 10.8. The van der Waals surface area contributed by atoms with E-state index in [0.717, 1.165) is 21.3 Å². The van der Waals surface area contributed by atoms with Gasteiger partial charge in [-0.2, -0.15) is 11.3 Å². The lowest BCUT2D eigenvalue weighted by molar-refractivity contribution is -0.116. The maximum atomic E-state index is 11.6. The average molecular weight is 272 g/mol. The Labute approximate surface area is 107 Å². The third-order valence-corrected chi connectivity index (χ3v) is 4.01. The number of carbonyl (C=O) groups is 1. The van der Waals surface area contributed by atoms with Crippen molar-refractivity contribution < 1.29 is 4.79 Å². The second-order valence-corrected chi connectivity index (χ2v) is 5.85. The van der Waals surface area contributed by atoms with Gasteiger partial charge in [0.15, 0.2) is 0 Å². The van der Waals surface area contributed by atoms with E-state index in [1.165, 1.54) is 11.3 Å². The van der Waals surface area contributed by atoms with Crippen LogP contribution in [-0.2, 0) is 11.2 Å². The second kappa shape index (κ2) is 5.48. The molecule has 0 unspecified atom stereocenters. The molecule has 0 aliphatic rings. The fourth-order valence-electron chi connectivity index (χ4n) is 1.28. The highest BCUT2D eigenvalue weighted by atomic mass is 35.5. The van der Waals surface area contributed by atoms with Crippen molar-refractivity contribution in [3.8, 4) is 0 Å². The third kappa shape index (κ3) is 3.33. The van der Waals surface area contributed by atoms with Crippen LogP contribution in [0.4, 0.5) is 5.69 Å². The SMILES string of the molecule is O=C(CCc1ccc(Cl)s1)Nc1ccsc1. The molecule has 2 heterocycles. The highest BCUT2D eigenvalue weighted by Crippen LogP contribution is 2.22. The van der Waals surface area contributed by atoms with Crippen molar-refractivity contribution in [1.82, 2.24) is 0 Å². The summed E-state index contributed by atoms with van der Waals surface area (Å²) < 4.78 is 0.772. The standard InChI is InChI=1S/C11H10ClNOS2/c12-10-3-1-9(16-10)2-4-11(14)13-8-5-6-15-7-8/h1,3,5-7H,2,4H2,(H,13,14). The van der Waals surface area contributed by atoms with Gasteiger partial charge in [0.2, 0.25) is 5.91 Å². The molecule has 2 nitrogen and oxygen atoms in total. The van der Waals surface area contributed by atoms with E-state index in [2.05, 4.69) is 5.32 Å². The number of hydrogen-bond donors (Lipinski definition) is 1. The van der Waals surface area contributed by atoms with Gasteiger partial charge in [-0.25, -0.2) is 0 Å². The van der Waals surface area contributed by atoms with Crippen LogP contribution in [-0.4, -0.2) is 5.91 Å². The van der Waals surface area contributed by atoms with Crippen molar-refractivity contribution in [2.24, 2.45) is 0 Å². The minimum atomic E-state index is 0.0444. The zero-order chi connectivity index (χ0) is 11.4. The summed E-state index contributed by atoms with van der Waals surface area (Å²) in [4.78, 5) is 12.7. The van der Waals surface area contributed by atoms with Gasteiger partial charge in [-0.1, -0.05) is 11.6 Å². The number of rotatable bonds is 4. The third-order valence-electron chi connectivity index (χ3n) is 2.03. The fourth-order valence-corrected chi connectivity index (χ4v) is 2.96. The van der Waals surface area contributed by atoms with E-state index >= 15 is 0 Å². The average Bonchev–Trinajstić information content (AvgIpc) is 2.87. The van der Waals surface area contributed by atoms with Gasteiger partial charge < -0.3 is 5.32 Å². The van der Waals surface area contributed by atoms with E-state index in [4.69, 9.17) is 11.6 Å². The van der Waals surface area contributed by atoms with Crippen molar-refractivity contribution in [2.45, 2.75) is 12.8 Å². The maximum absolute atomic E-state index is 11.6. The van der Waals surface area contributed by atoms with Crippen LogP contribution in [0, 0.1) is 0 Å². The minimum absolute atomic E-state index is 0.0444. The van der Waals surface area contributed by atoms with Crippen molar-refractivity contribution in [1.29, 1.82) is 0 Å². The first-order valence-corrected chi connectivity index (χ1v) is 6.94. The van der Waals surface area contributed by atoms with Gasteiger partial charge in [0.05, 0.1) is 10.0 Å². The number of aryl methyl sites for hydroxylation is 1. The van der Waals surface area contributed by atoms with Crippen LogP contribution >= 0.6 is 34.3 Å². The lowest BCUT2D eigenvalue weighted by atomic mass is 10.2. The molecule has 0 aromatic carbocycles. The van der Waals surface area contributed by atoms with E-state index in [-0.39, 0.29) is 5.91 Å². The van der Waals surface area contributed by atoms with Gasteiger partial charge in [-0.15, -0.1) is 11.3 Å². The van der Waals surface area contributed by atoms with Crippen LogP contribution < -0.4 is 5.32 Å². The molecular weight excluding hydrogens is 262 g/mol. The van der Waals surface area contributed by atoms with Crippen molar-refractivity contribution >= 4 is 45.9 Å². The Morgan fingerprint density at radius 2 is 2.25 bits per heavy atom. The number of halogens is 1. The van der Waals surface area contributed by atoms with E-state index in [1.54, 1.807) is 11.3 Å². The molecule has 0 saturated carbocycles. The topological polar surface area (TPSA) is 29.1 Å². The van der Waals surface area contributed by atoms with Crippen LogP contribution in [0.2, 0.25) is 4.34 Å². The molecule has 16 heavy (non-hydrogen) atoms. The minimum Gasteiger partial charge on any atom is -0.325 e. The van der Waals surface area contributed by atoms with Gasteiger partial charge in [0.25, 0.3) is 0 Å². The first-order valence-electron chi connectivity index (χ1n) is 4.80.